The molecule has 124 valence electrons. The summed E-state index contributed by atoms with van der Waals surface area (Å²) in [6, 6.07) is 0. The van der Waals surface area contributed by atoms with Gasteiger partial charge in [0.05, 0.1) is 0 Å². The minimum Gasteiger partial charge on any atom is -0.295 e. The van der Waals surface area contributed by atoms with Crippen LogP contribution in [0.2, 0.25) is 0 Å². The molecule has 0 radical (unpaired) electrons. The second kappa shape index (κ2) is 16.0. The number of carbonyl (C=O) groups is 1. The van der Waals surface area contributed by atoms with E-state index in [2.05, 4.69) is 26.2 Å². The van der Waals surface area contributed by atoms with Crippen LogP contribution < -0.4 is 0 Å². The van der Waals surface area contributed by atoms with E-state index in [1.54, 1.807) is 6.08 Å². The first-order valence-corrected chi connectivity index (χ1v) is 8.87. The van der Waals surface area contributed by atoms with Gasteiger partial charge >= 0.3 is 0 Å². The topological polar surface area (TPSA) is 17.1 Å². The highest BCUT2D eigenvalue weighted by molar-refractivity contribution is 5.94. The first-order valence-electron chi connectivity index (χ1n) is 8.87. The summed E-state index contributed by atoms with van der Waals surface area (Å²) in [7, 11) is 0. The second-order valence-electron chi connectivity index (χ2n) is 5.84. The third kappa shape index (κ3) is 13.6. The molecule has 0 aromatic rings. The molecule has 0 heterocycles. The van der Waals surface area contributed by atoms with Crippen molar-refractivity contribution < 1.29 is 4.79 Å². The number of hydrogen-bond acceptors (Lipinski definition) is 1. The monoisotopic (exact) mass is 302 g/mol. The van der Waals surface area contributed by atoms with Crippen LogP contribution in [0.25, 0.3) is 0 Å². The maximum atomic E-state index is 11.9. The highest BCUT2D eigenvalue weighted by atomic mass is 16.1. The molecule has 0 N–H and O–H groups in total. The van der Waals surface area contributed by atoms with Crippen LogP contribution in [0.15, 0.2) is 49.1 Å². The van der Waals surface area contributed by atoms with E-state index in [1.807, 2.05) is 18.2 Å². The Hall–Kier alpha value is -1.37. The van der Waals surface area contributed by atoms with E-state index in [4.69, 9.17) is 0 Å². The van der Waals surface area contributed by atoms with Gasteiger partial charge in [0, 0.05) is 6.42 Å². The Labute approximate surface area is 137 Å². The SMILES string of the molecule is C=CC=CC=CCCCCC(=C)C(=O)CCCCCCCC. The Kier molecular flexibility index (Phi) is 15.0. The average molecular weight is 303 g/mol. The van der Waals surface area contributed by atoms with Crippen LogP contribution in [0.3, 0.4) is 0 Å². The lowest BCUT2D eigenvalue weighted by Crippen LogP contribution is -2.01. The van der Waals surface area contributed by atoms with Crippen LogP contribution in [0.4, 0.5) is 0 Å². The molecule has 0 saturated heterocycles. The quantitative estimate of drug-likeness (QED) is 0.186. The molecule has 0 bridgehead atoms. The Bertz CT molecular complexity index is 360. The van der Waals surface area contributed by atoms with Crippen molar-refractivity contribution in [1.29, 1.82) is 0 Å². The molecule has 0 aliphatic rings. The lowest BCUT2D eigenvalue weighted by atomic mass is 10.00. The lowest BCUT2D eigenvalue weighted by Gasteiger charge is -2.04. The number of rotatable bonds is 15. The summed E-state index contributed by atoms with van der Waals surface area (Å²) in [6.07, 6.45) is 22.0. The number of hydrogen-bond donors (Lipinski definition) is 0. The van der Waals surface area contributed by atoms with Crippen molar-refractivity contribution in [1.82, 2.24) is 0 Å². The van der Waals surface area contributed by atoms with E-state index < -0.39 is 0 Å². The summed E-state index contributed by atoms with van der Waals surface area (Å²) < 4.78 is 0. The van der Waals surface area contributed by atoms with Crippen molar-refractivity contribution in [2.75, 3.05) is 0 Å². The number of ketones is 1. The fourth-order valence-electron chi connectivity index (χ4n) is 2.30. The molecule has 0 aliphatic carbocycles. The van der Waals surface area contributed by atoms with Crippen LogP contribution in [0, 0.1) is 0 Å². The van der Waals surface area contributed by atoms with E-state index in [1.165, 1.54) is 32.1 Å². The second-order valence-corrected chi connectivity index (χ2v) is 5.84. The predicted octanol–water partition coefficient (Wildman–Crippen LogP) is 6.72. The molecule has 0 atom stereocenters. The standard InChI is InChI=1S/C21H34O/c1-4-6-8-10-12-13-14-16-18-20(3)21(22)19-17-15-11-9-7-5-2/h4,6,8,10,12H,1,3,5,7,9,11,13-19H2,2H3. The van der Waals surface area contributed by atoms with Gasteiger partial charge in [0.25, 0.3) is 0 Å². The van der Waals surface area contributed by atoms with Gasteiger partial charge in [0.2, 0.25) is 0 Å². The van der Waals surface area contributed by atoms with Crippen LogP contribution in [0.5, 0.6) is 0 Å². The van der Waals surface area contributed by atoms with Crippen molar-refractivity contribution >= 4 is 5.78 Å². The van der Waals surface area contributed by atoms with Gasteiger partial charge in [-0.2, -0.15) is 0 Å². The molecule has 0 saturated carbocycles. The maximum absolute atomic E-state index is 11.9. The lowest BCUT2D eigenvalue weighted by molar-refractivity contribution is -0.115. The highest BCUT2D eigenvalue weighted by Crippen LogP contribution is 2.13. The predicted molar refractivity (Wildman–Crippen MR) is 99.1 cm³/mol. The summed E-state index contributed by atoms with van der Waals surface area (Å²) in [5, 5.41) is 0. The van der Waals surface area contributed by atoms with E-state index in [0.29, 0.717) is 6.42 Å². The van der Waals surface area contributed by atoms with E-state index >= 15 is 0 Å². The van der Waals surface area contributed by atoms with E-state index in [0.717, 1.165) is 37.7 Å². The van der Waals surface area contributed by atoms with Crippen LogP contribution >= 0.6 is 0 Å². The van der Waals surface area contributed by atoms with Gasteiger partial charge in [-0.05, 0) is 37.7 Å². The first-order chi connectivity index (χ1) is 10.7. The number of unbranched alkanes of at least 4 members (excludes halogenated alkanes) is 7. The molecule has 0 spiro atoms. The zero-order valence-electron chi connectivity index (χ0n) is 14.5. The Morgan fingerprint density at radius 3 is 2.27 bits per heavy atom. The van der Waals surface area contributed by atoms with Gasteiger partial charge in [0.15, 0.2) is 5.78 Å². The normalized spacial score (nSPS) is 11.3. The summed E-state index contributed by atoms with van der Waals surface area (Å²) in [6.45, 7) is 9.80. The fourth-order valence-corrected chi connectivity index (χ4v) is 2.30. The van der Waals surface area contributed by atoms with Gasteiger partial charge in [-0.25, -0.2) is 0 Å². The molecule has 22 heavy (non-hydrogen) atoms. The Balaban J connectivity index is 3.54. The van der Waals surface area contributed by atoms with Gasteiger partial charge in [-0.1, -0.05) is 82.6 Å². The summed E-state index contributed by atoms with van der Waals surface area (Å²) >= 11 is 0. The highest BCUT2D eigenvalue weighted by Gasteiger charge is 2.06. The average Bonchev–Trinajstić information content (AvgIpc) is 2.52. The van der Waals surface area contributed by atoms with Crippen molar-refractivity contribution in [3.63, 3.8) is 0 Å². The van der Waals surface area contributed by atoms with Crippen molar-refractivity contribution in [3.05, 3.63) is 49.1 Å². The number of allylic oxidation sites excluding steroid dienone is 6. The minimum atomic E-state index is 0.278. The van der Waals surface area contributed by atoms with Crippen LogP contribution in [-0.4, -0.2) is 5.78 Å². The Morgan fingerprint density at radius 2 is 1.55 bits per heavy atom. The Morgan fingerprint density at radius 1 is 0.864 bits per heavy atom. The van der Waals surface area contributed by atoms with E-state index in [-0.39, 0.29) is 5.78 Å². The van der Waals surface area contributed by atoms with Gasteiger partial charge < -0.3 is 0 Å². The number of Topliss-reactive ketones (excluding diaryl/α,β-unsaturated/α-hetero) is 1. The van der Waals surface area contributed by atoms with Gasteiger partial charge in [-0.3, -0.25) is 4.79 Å². The zero-order valence-corrected chi connectivity index (χ0v) is 14.5. The minimum absolute atomic E-state index is 0.278. The zero-order chi connectivity index (χ0) is 16.5. The van der Waals surface area contributed by atoms with Gasteiger partial charge in [0.1, 0.15) is 0 Å². The molecule has 0 unspecified atom stereocenters. The molecule has 0 fully saturated rings. The summed E-state index contributed by atoms with van der Waals surface area (Å²) in [5.41, 5.74) is 0.823. The fraction of sp³-hybridized carbons (Fsp3) is 0.571. The van der Waals surface area contributed by atoms with Crippen LogP contribution in [-0.2, 0) is 4.79 Å². The summed E-state index contributed by atoms with van der Waals surface area (Å²) in [4.78, 5) is 11.9. The maximum Gasteiger partial charge on any atom is 0.158 e. The van der Waals surface area contributed by atoms with Crippen molar-refractivity contribution in [2.24, 2.45) is 0 Å². The molecular weight excluding hydrogens is 268 g/mol. The number of carbonyl (C=O) groups excluding carboxylic acids is 1. The molecule has 0 aliphatic heterocycles. The molecule has 0 amide bonds. The molecule has 1 nitrogen and oxygen atoms in total. The first kappa shape index (κ1) is 20.6. The summed E-state index contributed by atoms with van der Waals surface area (Å²) in [5.74, 6) is 0.278. The van der Waals surface area contributed by atoms with E-state index in [9.17, 15) is 4.79 Å². The molecule has 0 rings (SSSR count). The van der Waals surface area contributed by atoms with Crippen molar-refractivity contribution in [2.45, 2.75) is 77.6 Å². The third-order valence-electron chi connectivity index (χ3n) is 3.75. The molecule has 1 heteroatoms. The molecular formula is C21H34O. The van der Waals surface area contributed by atoms with Crippen molar-refractivity contribution in [3.8, 4) is 0 Å². The van der Waals surface area contributed by atoms with Crippen LogP contribution in [0.1, 0.15) is 77.6 Å². The van der Waals surface area contributed by atoms with Gasteiger partial charge in [-0.15, -0.1) is 0 Å². The smallest absolute Gasteiger partial charge is 0.158 e. The largest absolute Gasteiger partial charge is 0.295 e. The molecule has 0 aromatic carbocycles. The molecule has 0 aromatic heterocycles. The third-order valence-corrected chi connectivity index (χ3v) is 3.75.